The van der Waals surface area contributed by atoms with Crippen molar-refractivity contribution in [1.82, 2.24) is 19.9 Å². The largest absolute Gasteiger partial charge is 0.382 e. The number of nitrogen functional groups attached to an aromatic ring is 1. The number of aromatic amines is 1. The normalized spacial score (nSPS) is 21.4. The van der Waals surface area contributed by atoms with E-state index in [9.17, 15) is 0 Å². The average molecular weight is 231 g/mol. The number of rotatable bonds is 2. The lowest BCUT2D eigenvalue weighted by molar-refractivity contribution is 0.321. The van der Waals surface area contributed by atoms with Crippen molar-refractivity contribution in [3.8, 4) is 0 Å². The Balaban J connectivity index is 1.88. The van der Waals surface area contributed by atoms with Gasteiger partial charge in [-0.1, -0.05) is 6.92 Å². The van der Waals surface area contributed by atoms with Crippen molar-refractivity contribution < 1.29 is 0 Å². The van der Waals surface area contributed by atoms with E-state index in [1.54, 1.807) is 0 Å². The predicted octanol–water partition coefficient (Wildman–Crippen LogP) is 1.38. The first kappa shape index (κ1) is 10.5. The molecule has 5 nitrogen and oxygen atoms in total. The topological polar surface area (TPSA) is 70.8 Å². The zero-order valence-electron chi connectivity index (χ0n) is 9.98. The fourth-order valence-electron chi connectivity index (χ4n) is 2.54. The highest BCUT2D eigenvalue weighted by Crippen LogP contribution is 2.23. The van der Waals surface area contributed by atoms with Crippen LogP contribution in [0.1, 0.15) is 18.9 Å². The molecule has 5 heteroatoms. The first-order valence-corrected chi connectivity index (χ1v) is 6.03. The Bertz CT molecular complexity index is 533. The second-order valence-corrected chi connectivity index (χ2v) is 4.93. The molecular formula is C12H17N5. The molecule has 0 bridgehead atoms. The van der Waals surface area contributed by atoms with Crippen LogP contribution < -0.4 is 5.73 Å². The molecule has 0 aliphatic carbocycles. The molecule has 1 saturated heterocycles. The Morgan fingerprint density at radius 3 is 3.18 bits per heavy atom. The van der Waals surface area contributed by atoms with Gasteiger partial charge in [-0.15, -0.1) is 0 Å². The molecule has 1 aliphatic heterocycles. The summed E-state index contributed by atoms with van der Waals surface area (Å²) < 4.78 is 0. The van der Waals surface area contributed by atoms with Gasteiger partial charge in [-0.05, 0) is 18.9 Å². The molecule has 2 aromatic rings. The number of fused-ring (bicyclic) bond motifs is 1. The molecule has 3 rings (SSSR count). The molecule has 0 aromatic carbocycles. The van der Waals surface area contributed by atoms with Crippen LogP contribution in [0.5, 0.6) is 0 Å². The quantitative estimate of drug-likeness (QED) is 0.819. The first-order chi connectivity index (χ1) is 8.24. The number of aromatic nitrogens is 3. The SMILES string of the molecule is C[C@@H]1CCN(Cc2c[nH]c3c(N)ncnc23)C1. The molecule has 0 saturated carbocycles. The van der Waals surface area contributed by atoms with E-state index in [-0.39, 0.29) is 0 Å². The van der Waals surface area contributed by atoms with Crippen molar-refractivity contribution in [2.24, 2.45) is 5.92 Å². The number of nitrogens with one attached hydrogen (secondary N) is 1. The predicted molar refractivity (Wildman–Crippen MR) is 67.4 cm³/mol. The number of anilines is 1. The molecule has 2 aromatic heterocycles. The lowest BCUT2D eigenvalue weighted by atomic mass is 10.2. The minimum absolute atomic E-state index is 0.524. The summed E-state index contributed by atoms with van der Waals surface area (Å²) in [7, 11) is 0. The smallest absolute Gasteiger partial charge is 0.151 e. The van der Waals surface area contributed by atoms with E-state index in [4.69, 9.17) is 5.73 Å². The molecule has 90 valence electrons. The van der Waals surface area contributed by atoms with Crippen LogP contribution in [0.4, 0.5) is 5.82 Å². The van der Waals surface area contributed by atoms with Gasteiger partial charge in [0.05, 0.1) is 5.52 Å². The molecule has 1 atom stereocenters. The molecule has 1 aliphatic rings. The Labute approximate surface area is 100 Å². The van der Waals surface area contributed by atoms with Gasteiger partial charge in [0.15, 0.2) is 5.82 Å². The van der Waals surface area contributed by atoms with Gasteiger partial charge < -0.3 is 10.7 Å². The maximum absolute atomic E-state index is 5.80. The first-order valence-electron chi connectivity index (χ1n) is 6.03. The molecule has 0 radical (unpaired) electrons. The highest BCUT2D eigenvalue weighted by Gasteiger charge is 2.20. The van der Waals surface area contributed by atoms with Gasteiger partial charge in [-0.2, -0.15) is 0 Å². The van der Waals surface area contributed by atoms with Crippen molar-refractivity contribution in [2.75, 3.05) is 18.8 Å². The summed E-state index contributed by atoms with van der Waals surface area (Å²) in [5, 5.41) is 0. The summed E-state index contributed by atoms with van der Waals surface area (Å²) in [6.07, 6.45) is 4.82. The van der Waals surface area contributed by atoms with Crippen LogP contribution in [-0.2, 0) is 6.54 Å². The average Bonchev–Trinajstić information content (AvgIpc) is 2.88. The van der Waals surface area contributed by atoms with Crippen molar-refractivity contribution in [1.29, 1.82) is 0 Å². The monoisotopic (exact) mass is 231 g/mol. The Kier molecular flexibility index (Phi) is 2.48. The fourth-order valence-corrected chi connectivity index (χ4v) is 2.54. The third kappa shape index (κ3) is 1.86. The second kappa shape index (κ2) is 4.00. The molecule has 17 heavy (non-hydrogen) atoms. The van der Waals surface area contributed by atoms with Gasteiger partial charge in [-0.3, -0.25) is 4.90 Å². The van der Waals surface area contributed by atoms with Crippen LogP contribution in [0.15, 0.2) is 12.5 Å². The second-order valence-electron chi connectivity index (χ2n) is 4.93. The van der Waals surface area contributed by atoms with Crippen molar-refractivity contribution >= 4 is 16.9 Å². The molecule has 0 unspecified atom stereocenters. The van der Waals surface area contributed by atoms with Crippen molar-refractivity contribution in [3.63, 3.8) is 0 Å². The fraction of sp³-hybridized carbons (Fsp3) is 0.500. The molecule has 0 amide bonds. The minimum Gasteiger partial charge on any atom is -0.382 e. The van der Waals surface area contributed by atoms with Crippen LogP contribution in [-0.4, -0.2) is 32.9 Å². The number of nitrogens with two attached hydrogens (primary N) is 1. The van der Waals surface area contributed by atoms with E-state index in [1.807, 2.05) is 6.20 Å². The zero-order chi connectivity index (χ0) is 11.8. The summed E-state index contributed by atoms with van der Waals surface area (Å²) in [5.74, 6) is 1.33. The summed E-state index contributed by atoms with van der Waals surface area (Å²) in [5.41, 5.74) is 8.83. The number of hydrogen-bond acceptors (Lipinski definition) is 4. The number of nitrogens with zero attached hydrogens (tertiary/aromatic N) is 3. The van der Waals surface area contributed by atoms with Crippen LogP contribution in [0, 0.1) is 5.92 Å². The molecule has 3 N–H and O–H groups in total. The maximum Gasteiger partial charge on any atom is 0.151 e. The molecule has 1 fully saturated rings. The summed E-state index contributed by atoms with van der Waals surface area (Å²) in [6, 6.07) is 0. The standard InChI is InChI=1S/C12H17N5/c1-8-2-3-17(5-8)6-9-4-14-11-10(9)15-7-16-12(11)13/h4,7-8,14H,2-3,5-6H2,1H3,(H2,13,15,16)/t8-/m1/s1. The van der Waals surface area contributed by atoms with E-state index < -0.39 is 0 Å². The number of hydrogen-bond donors (Lipinski definition) is 2. The third-order valence-electron chi connectivity index (χ3n) is 3.47. The van der Waals surface area contributed by atoms with Gasteiger partial charge in [0.1, 0.15) is 11.8 Å². The molecule has 0 spiro atoms. The lowest BCUT2D eigenvalue weighted by Gasteiger charge is -2.13. The van der Waals surface area contributed by atoms with Gasteiger partial charge >= 0.3 is 0 Å². The maximum atomic E-state index is 5.80. The third-order valence-corrected chi connectivity index (χ3v) is 3.47. The van der Waals surface area contributed by atoms with Crippen LogP contribution in [0.3, 0.4) is 0 Å². The number of likely N-dealkylation sites (tertiary alicyclic amines) is 1. The van der Waals surface area contributed by atoms with Crippen LogP contribution >= 0.6 is 0 Å². The lowest BCUT2D eigenvalue weighted by Crippen LogP contribution is -2.19. The molecule has 3 heterocycles. The van der Waals surface area contributed by atoms with E-state index in [2.05, 4.69) is 26.8 Å². The number of H-pyrrole nitrogens is 1. The highest BCUT2D eigenvalue weighted by atomic mass is 15.1. The van der Waals surface area contributed by atoms with Gasteiger partial charge in [0.2, 0.25) is 0 Å². The van der Waals surface area contributed by atoms with E-state index in [0.29, 0.717) is 5.82 Å². The Hall–Kier alpha value is -1.62. The van der Waals surface area contributed by atoms with Crippen molar-refractivity contribution in [2.45, 2.75) is 19.9 Å². The van der Waals surface area contributed by atoms with Crippen LogP contribution in [0.2, 0.25) is 0 Å². The molecular weight excluding hydrogens is 214 g/mol. The van der Waals surface area contributed by atoms with Crippen molar-refractivity contribution in [3.05, 3.63) is 18.1 Å². The van der Waals surface area contributed by atoms with E-state index in [0.717, 1.165) is 23.5 Å². The highest BCUT2D eigenvalue weighted by molar-refractivity contribution is 5.86. The summed E-state index contributed by atoms with van der Waals surface area (Å²) in [4.78, 5) is 13.9. The summed E-state index contributed by atoms with van der Waals surface area (Å²) in [6.45, 7) is 5.60. The van der Waals surface area contributed by atoms with E-state index >= 15 is 0 Å². The van der Waals surface area contributed by atoms with Gasteiger partial charge in [0, 0.05) is 24.8 Å². The van der Waals surface area contributed by atoms with Crippen LogP contribution in [0.25, 0.3) is 11.0 Å². The van der Waals surface area contributed by atoms with Gasteiger partial charge in [-0.25, -0.2) is 9.97 Å². The van der Waals surface area contributed by atoms with Gasteiger partial charge in [0.25, 0.3) is 0 Å². The Morgan fingerprint density at radius 1 is 1.53 bits per heavy atom. The summed E-state index contributed by atoms with van der Waals surface area (Å²) >= 11 is 0. The minimum atomic E-state index is 0.524. The van der Waals surface area contributed by atoms with E-state index in [1.165, 1.54) is 31.4 Å². The zero-order valence-corrected chi connectivity index (χ0v) is 9.98. The Morgan fingerprint density at radius 2 is 2.41 bits per heavy atom.